The van der Waals surface area contributed by atoms with E-state index in [1.807, 2.05) is 19.1 Å². The van der Waals surface area contributed by atoms with Crippen LogP contribution >= 0.6 is 11.6 Å². The molecule has 1 fully saturated rings. The van der Waals surface area contributed by atoms with Gasteiger partial charge in [-0.3, -0.25) is 9.59 Å². The second-order valence-electron chi connectivity index (χ2n) is 6.51. The van der Waals surface area contributed by atoms with Crippen molar-refractivity contribution in [2.24, 2.45) is 5.92 Å². The third-order valence-corrected chi connectivity index (χ3v) is 4.81. The lowest BCUT2D eigenvalue weighted by molar-refractivity contribution is -0.146. The molecule has 1 aliphatic heterocycles. The summed E-state index contributed by atoms with van der Waals surface area (Å²) in [6.07, 6.45) is 0.560. The minimum atomic E-state index is -0.732. The summed E-state index contributed by atoms with van der Waals surface area (Å²) in [7, 11) is 0. The van der Waals surface area contributed by atoms with Crippen molar-refractivity contribution in [1.29, 1.82) is 0 Å². The molecule has 1 N–H and O–H groups in total. The van der Waals surface area contributed by atoms with E-state index < -0.39 is 6.04 Å². The van der Waals surface area contributed by atoms with E-state index in [-0.39, 0.29) is 23.5 Å². The van der Waals surface area contributed by atoms with Gasteiger partial charge >= 0.3 is 0 Å². The first-order valence-electron chi connectivity index (χ1n) is 8.54. The summed E-state index contributed by atoms with van der Waals surface area (Å²) in [5.41, 5.74) is 1.62. The topological polar surface area (TPSA) is 49.4 Å². The summed E-state index contributed by atoms with van der Waals surface area (Å²) in [6, 6.07) is 12.4. The van der Waals surface area contributed by atoms with Gasteiger partial charge in [0.15, 0.2) is 0 Å². The number of benzene rings is 2. The molecule has 0 saturated carbocycles. The molecule has 4 nitrogen and oxygen atoms in total. The minimum Gasteiger partial charge on any atom is -0.352 e. The van der Waals surface area contributed by atoms with Crippen molar-refractivity contribution in [1.82, 2.24) is 10.2 Å². The number of nitrogens with zero attached hydrogens (tertiary/aromatic N) is 1. The number of piperazine rings is 1. The Kier molecular flexibility index (Phi) is 5.57. The van der Waals surface area contributed by atoms with E-state index >= 15 is 0 Å². The van der Waals surface area contributed by atoms with Gasteiger partial charge in [0.25, 0.3) is 0 Å². The Labute approximate surface area is 157 Å². The molecular weight excluding hydrogens is 355 g/mol. The standard InChI is InChI=1S/C20H20ClFN2O2/c1-13(12-14-2-6-16(21)7-3-14)20(26)24-11-10-23-19(25)18(24)15-4-8-17(22)9-5-15/h2-9,13,18H,10-12H2,1H3,(H,23,25). The molecule has 2 atom stereocenters. The summed E-state index contributed by atoms with van der Waals surface area (Å²) in [6.45, 7) is 2.69. The molecule has 0 bridgehead atoms. The molecule has 26 heavy (non-hydrogen) atoms. The van der Waals surface area contributed by atoms with Gasteiger partial charge in [0.1, 0.15) is 11.9 Å². The maximum Gasteiger partial charge on any atom is 0.247 e. The zero-order chi connectivity index (χ0) is 18.7. The van der Waals surface area contributed by atoms with Crippen LogP contribution < -0.4 is 5.32 Å². The molecule has 0 aliphatic carbocycles. The lowest BCUT2D eigenvalue weighted by Crippen LogP contribution is -2.53. The molecule has 3 rings (SSSR count). The lowest BCUT2D eigenvalue weighted by Gasteiger charge is -2.37. The molecule has 1 aliphatic rings. The summed E-state index contributed by atoms with van der Waals surface area (Å²) in [5, 5.41) is 3.43. The number of hydrogen-bond donors (Lipinski definition) is 1. The van der Waals surface area contributed by atoms with Crippen molar-refractivity contribution in [2.75, 3.05) is 13.1 Å². The Morgan fingerprint density at radius 3 is 2.54 bits per heavy atom. The maximum absolute atomic E-state index is 13.2. The van der Waals surface area contributed by atoms with Crippen LogP contribution in [0.25, 0.3) is 0 Å². The Morgan fingerprint density at radius 2 is 1.88 bits per heavy atom. The van der Waals surface area contributed by atoms with Crippen molar-refractivity contribution in [2.45, 2.75) is 19.4 Å². The summed E-state index contributed by atoms with van der Waals surface area (Å²) >= 11 is 5.90. The van der Waals surface area contributed by atoms with Crippen molar-refractivity contribution in [3.05, 3.63) is 70.5 Å². The van der Waals surface area contributed by atoms with Crippen LogP contribution in [0.4, 0.5) is 4.39 Å². The average molecular weight is 375 g/mol. The van der Waals surface area contributed by atoms with Gasteiger partial charge in [-0.05, 0) is 41.8 Å². The first kappa shape index (κ1) is 18.4. The van der Waals surface area contributed by atoms with Gasteiger partial charge in [0.05, 0.1) is 0 Å². The van der Waals surface area contributed by atoms with Crippen LogP contribution in [0.5, 0.6) is 0 Å². The number of amides is 2. The molecule has 2 aromatic rings. The van der Waals surface area contributed by atoms with Crippen LogP contribution in [0.1, 0.15) is 24.1 Å². The van der Waals surface area contributed by atoms with Gasteiger partial charge in [-0.15, -0.1) is 0 Å². The largest absolute Gasteiger partial charge is 0.352 e. The van der Waals surface area contributed by atoms with Gasteiger partial charge < -0.3 is 10.2 Å². The Bertz CT molecular complexity index is 792. The first-order chi connectivity index (χ1) is 12.5. The van der Waals surface area contributed by atoms with Crippen molar-refractivity contribution in [3.63, 3.8) is 0 Å². The molecule has 2 amide bonds. The van der Waals surface area contributed by atoms with Gasteiger partial charge in [0, 0.05) is 24.0 Å². The Balaban J connectivity index is 1.79. The number of rotatable bonds is 4. The maximum atomic E-state index is 13.2. The van der Waals surface area contributed by atoms with Gasteiger partial charge in [-0.1, -0.05) is 42.8 Å². The first-order valence-corrected chi connectivity index (χ1v) is 8.91. The van der Waals surface area contributed by atoms with Crippen molar-refractivity contribution in [3.8, 4) is 0 Å². The van der Waals surface area contributed by atoms with Crippen LogP contribution in [0.3, 0.4) is 0 Å². The van der Waals surface area contributed by atoms with E-state index in [1.165, 1.54) is 12.1 Å². The zero-order valence-corrected chi connectivity index (χ0v) is 15.2. The second-order valence-corrected chi connectivity index (χ2v) is 6.94. The molecule has 0 spiro atoms. The number of nitrogens with one attached hydrogen (secondary N) is 1. The van der Waals surface area contributed by atoms with E-state index in [2.05, 4.69) is 5.32 Å². The minimum absolute atomic E-state index is 0.0934. The quantitative estimate of drug-likeness (QED) is 0.892. The van der Waals surface area contributed by atoms with E-state index in [0.29, 0.717) is 30.1 Å². The Morgan fingerprint density at radius 1 is 1.23 bits per heavy atom. The molecule has 136 valence electrons. The number of halogens is 2. The summed E-state index contributed by atoms with van der Waals surface area (Å²) in [4.78, 5) is 27.0. The third kappa shape index (κ3) is 4.05. The molecule has 0 aromatic heterocycles. The number of hydrogen-bond acceptors (Lipinski definition) is 2. The fourth-order valence-corrected chi connectivity index (χ4v) is 3.35. The fraction of sp³-hybridized carbons (Fsp3) is 0.300. The highest BCUT2D eigenvalue weighted by atomic mass is 35.5. The molecule has 1 saturated heterocycles. The summed E-state index contributed by atoms with van der Waals surface area (Å²) < 4.78 is 13.2. The predicted octanol–water partition coefficient (Wildman–Crippen LogP) is 3.36. The second kappa shape index (κ2) is 7.87. The highest BCUT2D eigenvalue weighted by molar-refractivity contribution is 6.30. The molecule has 2 aromatic carbocycles. The highest BCUT2D eigenvalue weighted by Crippen LogP contribution is 2.26. The van der Waals surface area contributed by atoms with E-state index in [1.54, 1.807) is 29.2 Å². The van der Waals surface area contributed by atoms with Crippen LogP contribution in [0.2, 0.25) is 5.02 Å². The predicted molar refractivity (Wildman–Crippen MR) is 98.2 cm³/mol. The highest BCUT2D eigenvalue weighted by Gasteiger charge is 2.36. The normalized spacial score (nSPS) is 18.3. The van der Waals surface area contributed by atoms with Crippen molar-refractivity contribution >= 4 is 23.4 Å². The lowest BCUT2D eigenvalue weighted by atomic mass is 9.96. The van der Waals surface area contributed by atoms with E-state index in [0.717, 1.165) is 5.56 Å². The number of carbonyl (C=O) groups excluding carboxylic acids is 2. The fourth-order valence-electron chi connectivity index (χ4n) is 3.23. The van der Waals surface area contributed by atoms with Crippen LogP contribution in [-0.2, 0) is 16.0 Å². The molecular formula is C20H20ClFN2O2. The molecule has 6 heteroatoms. The van der Waals surface area contributed by atoms with Crippen LogP contribution in [0, 0.1) is 11.7 Å². The third-order valence-electron chi connectivity index (χ3n) is 4.56. The van der Waals surface area contributed by atoms with E-state index in [4.69, 9.17) is 11.6 Å². The molecule has 0 radical (unpaired) electrons. The number of carbonyl (C=O) groups is 2. The molecule has 2 unspecified atom stereocenters. The van der Waals surface area contributed by atoms with Gasteiger partial charge in [0.2, 0.25) is 11.8 Å². The van der Waals surface area contributed by atoms with Gasteiger partial charge in [-0.25, -0.2) is 4.39 Å². The Hall–Kier alpha value is -2.40. The smallest absolute Gasteiger partial charge is 0.247 e. The van der Waals surface area contributed by atoms with Crippen LogP contribution in [0.15, 0.2) is 48.5 Å². The van der Waals surface area contributed by atoms with Gasteiger partial charge in [-0.2, -0.15) is 0 Å². The SMILES string of the molecule is CC(Cc1ccc(Cl)cc1)C(=O)N1CCNC(=O)C1c1ccc(F)cc1. The summed E-state index contributed by atoms with van der Waals surface area (Å²) in [5.74, 6) is -0.997. The van der Waals surface area contributed by atoms with E-state index in [9.17, 15) is 14.0 Å². The zero-order valence-electron chi connectivity index (χ0n) is 14.4. The van der Waals surface area contributed by atoms with Crippen molar-refractivity contribution < 1.29 is 14.0 Å². The van der Waals surface area contributed by atoms with Crippen LogP contribution in [-0.4, -0.2) is 29.8 Å². The molecule has 1 heterocycles. The monoisotopic (exact) mass is 374 g/mol. The average Bonchev–Trinajstić information content (AvgIpc) is 2.63.